The largest absolute Gasteiger partial charge is 0.482 e. The Kier molecular flexibility index (Phi) is 5.18. The number of nitrogens with one attached hydrogen (secondary N) is 1. The lowest BCUT2D eigenvalue weighted by Crippen LogP contribution is -2.46. The predicted molar refractivity (Wildman–Crippen MR) is 87.6 cm³/mol. The second-order valence-corrected chi connectivity index (χ2v) is 5.88. The average molecular weight is 348 g/mol. The molecule has 1 unspecified atom stereocenters. The van der Waals surface area contributed by atoms with Gasteiger partial charge in [-0.25, -0.2) is 4.79 Å². The SMILES string of the molecule is COC(=O)c1ccc2c(c1)OCC(=O)N2CC(=O)NCC1CCCO1. The molecule has 0 radical (unpaired) electrons. The van der Waals surface area contributed by atoms with Crippen LogP contribution < -0.4 is 15.0 Å². The van der Waals surface area contributed by atoms with Gasteiger partial charge in [0.25, 0.3) is 5.91 Å². The molecule has 3 rings (SSSR count). The minimum absolute atomic E-state index is 0.0410. The van der Waals surface area contributed by atoms with Crippen LogP contribution in [0, 0.1) is 0 Å². The first kappa shape index (κ1) is 17.2. The Balaban J connectivity index is 1.68. The first-order valence-electron chi connectivity index (χ1n) is 8.12. The number of hydrogen-bond donors (Lipinski definition) is 1. The number of methoxy groups -OCH3 is 1. The maximum absolute atomic E-state index is 12.2. The Morgan fingerprint density at radius 2 is 2.24 bits per heavy atom. The molecule has 2 heterocycles. The van der Waals surface area contributed by atoms with Crippen molar-refractivity contribution in [1.82, 2.24) is 5.32 Å². The number of nitrogens with zero attached hydrogens (tertiary/aromatic N) is 1. The zero-order valence-electron chi connectivity index (χ0n) is 13.9. The Labute approximate surface area is 145 Å². The fraction of sp³-hybridized carbons (Fsp3) is 0.471. The van der Waals surface area contributed by atoms with Crippen LogP contribution in [0.3, 0.4) is 0 Å². The van der Waals surface area contributed by atoms with E-state index in [2.05, 4.69) is 10.1 Å². The summed E-state index contributed by atoms with van der Waals surface area (Å²) >= 11 is 0. The second-order valence-electron chi connectivity index (χ2n) is 5.88. The summed E-state index contributed by atoms with van der Waals surface area (Å²) in [5, 5.41) is 2.79. The van der Waals surface area contributed by atoms with E-state index in [9.17, 15) is 14.4 Å². The Bertz CT molecular complexity index is 684. The molecule has 0 aliphatic carbocycles. The van der Waals surface area contributed by atoms with Crippen molar-refractivity contribution in [3.8, 4) is 5.75 Å². The van der Waals surface area contributed by atoms with Gasteiger partial charge in [0.2, 0.25) is 5.91 Å². The van der Waals surface area contributed by atoms with E-state index < -0.39 is 5.97 Å². The lowest BCUT2D eigenvalue weighted by Gasteiger charge is -2.29. The van der Waals surface area contributed by atoms with E-state index >= 15 is 0 Å². The zero-order chi connectivity index (χ0) is 17.8. The van der Waals surface area contributed by atoms with Crippen molar-refractivity contribution >= 4 is 23.5 Å². The van der Waals surface area contributed by atoms with Gasteiger partial charge >= 0.3 is 5.97 Å². The number of hydrogen-bond acceptors (Lipinski definition) is 6. The molecule has 134 valence electrons. The number of esters is 1. The van der Waals surface area contributed by atoms with Gasteiger partial charge in [-0.2, -0.15) is 0 Å². The molecule has 25 heavy (non-hydrogen) atoms. The van der Waals surface area contributed by atoms with Crippen molar-refractivity contribution < 1.29 is 28.6 Å². The van der Waals surface area contributed by atoms with Gasteiger partial charge in [0.15, 0.2) is 6.61 Å². The van der Waals surface area contributed by atoms with E-state index in [-0.39, 0.29) is 31.1 Å². The summed E-state index contributed by atoms with van der Waals surface area (Å²) in [6, 6.07) is 4.61. The number of carbonyl (C=O) groups excluding carboxylic acids is 3. The van der Waals surface area contributed by atoms with Crippen LogP contribution in [-0.2, 0) is 19.1 Å². The minimum Gasteiger partial charge on any atom is -0.482 e. The van der Waals surface area contributed by atoms with Crippen molar-refractivity contribution in [2.24, 2.45) is 0 Å². The molecule has 0 aromatic heterocycles. The van der Waals surface area contributed by atoms with Crippen LogP contribution in [0.25, 0.3) is 0 Å². The first-order valence-corrected chi connectivity index (χ1v) is 8.12. The van der Waals surface area contributed by atoms with Crippen LogP contribution in [-0.4, -0.2) is 57.3 Å². The van der Waals surface area contributed by atoms with Gasteiger partial charge < -0.3 is 19.5 Å². The van der Waals surface area contributed by atoms with Crippen molar-refractivity contribution in [3.05, 3.63) is 23.8 Å². The number of ether oxygens (including phenoxy) is 3. The topological polar surface area (TPSA) is 94.2 Å². The molecule has 8 heteroatoms. The molecule has 2 amide bonds. The fourth-order valence-corrected chi connectivity index (χ4v) is 2.86. The molecule has 1 fully saturated rings. The summed E-state index contributed by atoms with van der Waals surface area (Å²) in [6.07, 6.45) is 1.97. The normalized spacial score (nSPS) is 19.2. The molecule has 1 saturated heterocycles. The Morgan fingerprint density at radius 3 is 2.96 bits per heavy atom. The van der Waals surface area contributed by atoms with E-state index in [4.69, 9.17) is 9.47 Å². The van der Waals surface area contributed by atoms with Crippen molar-refractivity contribution in [3.63, 3.8) is 0 Å². The predicted octanol–water partition coefficient (Wildman–Crippen LogP) is 0.494. The van der Waals surface area contributed by atoms with E-state index in [0.29, 0.717) is 23.5 Å². The van der Waals surface area contributed by atoms with Crippen LogP contribution in [0.15, 0.2) is 18.2 Å². The lowest BCUT2D eigenvalue weighted by molar-refractivity contribution is -0.125. The molecule has 0 spiro atoms. The van der Waals surface area contributed by atoms with Gasteiger partial charge in [0.05, 0.1) is 24.5 Å². The third-order valence-corrected chi connectivity index (χ3v) is 4.18. The maximum atomic E-state index is 12.2. The number of fused-ring (bicyclic) bond motifs is 1. The van der Waals surface area contributed by atoms with Gasteiger partial charge in [-0.1, -0.05) is 0 Å². The molecule has 1 N–H and O–H groups in total. The van der Waals surface area contributed by atoms with E-state index in [1.165, 1.54) is 24.1 Å². The fourth-order valence-electron chi connectivity index (χ4n) is 2.86. The minimum atomic E-state index is -0.496. The number of amides is 2. The molecule has 8 nitrogen and oxygen atoms in total. The summed E-state index contributed by atoms with van der Waals surface area (Å²) in [6.45, 7) is 0.861. The van der Waals surface area contributed by atoms with Crippen LogP contribution in [0.5, 0.6) is 5.75 Å². The quantitative estimate of drug-likeness (QED) is 0.779. The highest BCUT2D eigenvalue weighted by atomic mass is 16.5. The van der Waals surface area contributed by atoms with Crippen LogP contribution in [0.2, 0.25) is 0 Å². The smallest absolute Gasteiger partial charge is 0.337 e. The van der Waals surface area contributed by atoms with E-state index in [0.717, 1.165) is 19.4 Å². The molecule has 1 aromatic rings. The van der Waals surface area contributed by atoms with Crippen molar-refractivity contribution in [2.45, 2.75) is 18.9 Å². The Hall–Kier alpha value is -2.61. The van der Waals surface area contributed by atoms with Crippen molar-refractivity contribution in [1.29, 1.82) is 0 Å². The molecule has 1 atom stereocenters. The summed E-state index contributed by atoms with van der Waals surface area (Å²) in [5.74, 6) is -0.710. The van der Waals surface area contributed by atoms with Gasteiger partial charge in [-0.15, -0.1) is 0 Å². The molecular weight excluding hydrogens is 328 g/mol. The van der Waals surface area contributed by atoms with Gasteiger partial charge in [-0.3, -0.25) is 14.5 Å². The zero-order valence-corrected chi connectivity index (χ0v) is 13.9. The first-order chi connectivity index (χ1) is 12.1. The van der Waals surface area contributed by atoms with Crippen LogP contribution in [0.4, 0.5) is 5.69 Å². The molecule has 2 aliphatic heterocycles. The number of rotatable bonds is 5. The van der Waals surface area contributed by atoms with E-state index in [1.807, 2.05) is 0 Å². The second kappa shape index (κ2) is 7.52. The van der Waals surface area contributed by atoms with E-state index in [1.54, 1.807) is 6.07 Å². The highest BCUT2D eigenvalue weighted by molar-refractivity contribution is 6.03. The Morgan fingerprint density at radius 1 is 1.40 bits per heavy atom. The van der Waals surface area contributed by atoms with Crippen LogP contribution in [0.1, 0.15) is 23.2 Å². The summed E-state index contributed by atoms with van der Waals surface area (Å²) in [4.78, 5) is 37.3. The molecule has 0 saturated carbocycles. The maximum Gasteiger partial charge on any atom is 0.337 e. The molecule has 2 aliphatic rings. The van der Waals surface area contributed by atoms with Crippen molar-refractivity contribution in [2.75, 3.05) is 38.3 Å². The van der Waals surface area contributed by atoms with Gasteiger partial charge in [0, 0.05) is 13.2 Å². The third-order valence-electron chi connectivity index (χ3n) is 4.18. The summed E-state index contributed by atoms with van der Waals surface area (Å²) in [7, 11) is 1.29. The summed E-state index contributed by atoms with van der Waals surface area (Å²) in [5.41, 5.74) is 0.773. The molecule has 1 aromatic carbocycles. The highest BCUT2D eigenvalue weighted by Crippen LogP contribution is 2.33. The lowest BCUT2D eigenvalue weighted by atomic mass is 10.1. The standard InChI is InChI=1S/C17H20N2O6/c1-23-17(22)11-4-5-13-14(7-11)25-10-16(21)19(13)9-15(20)18-8-12-3-2-6-24-12/h4-5,7,12H,2-3,6,8-10H2,1H3,(H,18,20). The number of benzene rings is 1. The van der Waals surface area contributed by atoms with Gasteiger partial charge in [-0.05, 0) is 31.0 Å². The highest BCUT2D eigenvalue weighted by Gasteiger charge is 2.28. The molecule has 0 bridgehead atoms. The monoisotopic (exact) mass is 348 g/mol. The number of carbonyl (C=O) groups is 3. The molecular formula is C17H20N2O6. The summed E-state index contributed by atoms with van der Waals surface area (Å²) < 4.78 is 15.5. The average Bonchev–Trinajstić information content (AvgIpc) is 3.15. The third kappa shape index (κ3) is 3.90. The van der Waals surface area contributed by atoms with Crippen LogP contribution >= 0.6 is 0 Å². The number of anilines is 1. The van der Waals surface area contributed by atoms with Gasteiger partial charge in [0.1, 0.15) is 12.3 Å².